The van der Waals surface area contributed by atoms with E-state index in [1.165, 1.54) is 12.7 Å². The summed E-state index contributed by atoms with van der Waals surface area (Å²) in [5.74, 6) is 0.458. The molecule has 3 aliphatic rings. The largest absolute Gasteiger partial charge is 0.469 e. The third kappa shape index (κ3) is 2.67. The summed E-state index contributed by atoms with van der Waals surface area (Å²) in [4.78, 5) is 12.3. The van der Waals surface area contributed by atoms with Crippen molar-refractivity contribution in [3.8, 4) is 0 Å². The Hall–Kier alpha value is -1.09. The van der Waals surface area contributed by atoms with Gasteiger partial charge in [0.2, 0.25) is 0 Å². The highest BCUT2D eigenvalue weighted by Gasteiger charge is 2.55. The average molecular weight is 318 g/mol. The molecule has 2 fully saturated rings. The summed E-state index contributed by atoms with van der Waals surface area (Å²) in [6.45, 7) is 8.61. The predicted octanol–water partition coefficient (Wildman–Crippen LogP) is 3.88. The van der Waals surface area contributed by atoms with Crippen molar-refractivity contribution in [3.63, 3.8) is 0 Å². The minimum absolute atomic E-state index is 0.00308. The lowest BCUT2D eigenvalue weighted by Crippen LogP contribution is -2.52. The van der Waals surface area contributed by atoms with Crippen LogP contribution in [0.1, 0.15) is 52.4 Å². The molecular formula is C20H30O3. The first kappa shape index (κ1) is 16.8. The molecule has 0 aromatic rings. The SMILES string of the molecule is C=CC1(C)CCC2C(=CCC3C(C(=O)OC)CC(O)CC23C)C1. The fourth-order valence-electron chi connectivity index (χ4n) is 5.66. The minimum Gasteiger partial charge on any atom is -0.469 e. The van der Waals surface area contributed by atoms with Crippen LogP contribution < -0.4 is 0 Å². The molecular weight excluding hydrogens is 288 g/mol. The molecule has 0 aromatic carbocycles. The number of aliphatic hydroxyl groups is 1. The summed E-state index contributed by atoms with van der Waals surface area (Å²) >= 11 is 0. The Labute approximate surface area is 139 Å². The van der Waals surface area contributed by atoms with Gasteiger partial charge in [0.15, 0.2) is 0 Å². The number of esters is 1. The van der Waals surface area contributed by atoms with Gasteiger partial charge in [-0.15, -0.1) is 6.58 Å². The van der Waals surface area contributed by atoms with Gasteiger partial charge in [-0.2, -0.15) is 0 Å². The van der Waals surface area contributed by atoms with Gasteiger partial charge in [0, 0.05) is 0 Å². The average Bonchev–Trinajstić information content (AvgIpc) is 2.52. The van der Waals surface area contributed by atoms with Crippen LogP contribution >= 0.6 is 0 Å². The topological polar surface area (TPSA) is 46.5 Å². The van der Waals surface area contributed by atoms with Crippen LogP contribution in [0, 0.1) is 28.6 Å². The standard InChI is InChI=1S/C20H30O3/c1-5-19(2)9-8-16-13(11-19)6-7-17-15(18(22)23-4)10-14(21)12-20(16,17)3/h5-6,14-17,21H,1,7-12H2,2-4H3. The van der Waals surface area contributed by atoms with Crippen molar-refractivity contribution in [2.24, 2.45) is 28.6 Å². The Kier molecular flexibility index (Phi) is 4.20. The van der Waals surface area contributed by atoms with Gasteiger partial charge in [-0.25, -0.2) is 0 Å². The highest BCUT2D eigenvalue weighted by atomic mass is 16.5. The number of rotatable bonds is 2. The number of methoxy groups -OCH3 is 1. The lowest BCUT2D eigenvalue weighted by molar-refractivity contribution is -0.158. The molecule has 3 heteroatoms. The van der Waals surface area contributed by atoms with Crippen LogP contribution in [0.5, 0.6) is 0 Å². The van der Waals surface area contributed by atoms with Crippen LogP contribution in [0.15, 0.2) is 24.3 Å². The van der Waals surface area contributed by atoms with Gasteiger partial charge in [0.1, 0.15) is 0 Å². The quantitative estimate of drug-likeness (QED) is 0.621. The minimum atomic E-state index is -0.396. The van der Waals surface area contributed by atoms with E-state index in [4.69, 9.17) is 4.74 Å². The van der Waals surface area contributed by atoms with Crippen LogP contribution in [0.3, 0.4) is 0 Å². The van der Waals surface area contributed by atoms with Gasteiger partial charge in [0.05, 0.1) is 19.1 Å². The summed E-state index contributed by atoms with van der Waals surface area (Å²) in [6.07, 6.45) is 9.71. The summed E-state index contributed by atoms with van der Waals surface area (Å²) < 4.78 is 5.03. The Bertz CT molecular complexity index is 537. The third-order valence-electron chi connectivity index (χ3n) is 7.02. The van der Waals surface area contributed by atoms with Crippen molar-refractivity contribution in [2.45, 2.75) is 58.5 Å². The van der Waals surface area contributed by atoms with Crippen molar-refractivity contribution in [1.82, 2.24) is 0 Å². The van der Waals surface area contributed by atoms with Crippen molar-refractivity contribution in [2.75, 3.05) is 7.11 Å². The first-order valence-corrected chi connectivity index (χ1v) is 8.91. The van der Waals surface area contributed by atoms with Crippen LogP contribution in [-0.2, 0) is 9.53 Å². The van der Waals surface area contributed by atoms with E-state index < -0.39 is 6.10 Å². The second kappa shape index (κ2) is 5.77. The molecule has 0 aliphatic heterocycles. The van der Waals surface area contributed by atoms with E-state index in [1.54, 1.807) is 0 Å². The third-order valence-corrected chi connectivity index (χ3v) is 7.02. The molecule has 6 atom stereocenters. The molecule has 0 amide bonds. The molecule has 1 N–H and O–H groups in total. The summed E-state index contributed by atoms with van der Waals surface area (Å²) in [5, 5.41) is 10.4. The molecule has 0 saturated heterocycles. The Morgan fingerprint density at radius 1 is 1.48 bits per heavy atom. The smallest absolute Gasteiger partial charge is 0.309 e. The molecule has 23 heavy (non-hydrogen) atoms. The van der Waals surface area contributed by atoms with Gasteiger partial charge in [0.25, 0.3) is 0 Å². The van der Waals surface area contributed by atoms with E-state index in [0.717, 1.165) is 32.1 Å². The van der Waals surface area contributed by atoms with Crippen LogP contribution in [-0.4, -0.2) is 24.3 Å². The monoisotopic (exact) mass is 318 g/mol. The fourth-order valence-corrected chi connectivity index (χ4v) is 5.66. The lowest BCUT2D eigenvalue weighted by atomic mass is 9.48. The maximum absolute atomic E-state index is 12.3. The first-order valence-electron chi connectivity index (χ1n) is 8.91. The zero-order valence-electron chi connectivity index (χ0n) is 14.7. The lowest BCUT2D eigenvalue weighted by Gasteiger charge is -2.56. The maximum atomic E-state index is 12.3. The van der Waals surface area contributed by atoms with E-state index in [2.05, 4.69) is 32.6 Å². The number of carbonyl (C=O) groups excluding carboxylic acids is 1. The molecule has 0 bridgehead atoms. The van der Waals surface area contributed by atoms with Crippen molar-refractivity contribution >= 4 is 5.97 Å². The van der Waals surface area contributed by atoms with Gasteiger partial charge in [-0.1, -0.05) is 31.6 Å². The number of allylic oxidation sites excluding steroid dienone is 3. The van der Waals surface area contributed by atoms with Gasteiger partial charge in [-0.3, -0.25) is 4.79 Å². The predicted molar refractivity (Wildman–Crippen MR) is 90.7 cm³/mol. The van der Waals surface area contributed by atoms with E-state index in [0.29, 0.717) is 18.3 Å². The fraction of sp³-hybridized carbons (Fsp3) is 0.750. The normalized spacial score (nSPS) is 46.2. The van der Waals surface area contributed by atoms with Crippen LogP contribution in [0.25, 0.3) is 0 Å². The highest BCUT2D eigenvalue weighted by Crippen LogP contribution is 2.60. The summed E-state index contributed by atoms with van der Waals surface area (Å²) in [5.41, 5.74) is 1.72. The van der Waals surface area contributed by atoms with Gasteiger partial charge in [-0.05, 0) is 61.2 Å². The zero-order chi connectivity index (χ0) is 16.8. The maximum Gasteiger partial charge on any atom is 0.309 e. The molecule has 0 spiro atoms. The Morgan fingerprint density at radius 2 is 2.22 bits per heavy atom. The molecule has 2 saturated carbocycles. The Morgan fingerprint density at radius 3 is 2.87 bits per heavy atom. The summed E-state index contributed by atoms with van der Waals surface area (Å²) in [6, 6.07) is 0. The summed E-state index contributed by atoms with van der Waals surface area (Å²) in [7, 11) is 1.46. The second-order valence-electron chi connectivity index (χ2n) is 8.48. The number of carbonyl (C=O) groups is 1. The van der Waals surface area contributed by atoms with Crippen LogP contribution in [0.2, 0.25) is 0 Å². The molecule has 6 unspecified atom stereocenters. The molecule has 3 nitrogen and oxygen atoms in total. The number of hydrogen-bond acceptors (Lipinski definition) is 3. The number of aliphatic hydroxyl groups excluding tert-OH is 1. The Balaban J connectivity index is 1.94. The van der Waals surface area contributed by atoms with E-state index in [-0.39, 0.29) is 22.7 Å². The highest BCUT2D eigenvalue weighted by molar-refractivity contribution is 5.73. The molecule has 0 aromatic heterocycles. The zero-order valence-corrected chi connectivity index (χ0v) is 14.7. The number of ether oxygens (including phenoxy) is 1. The van der Waals surface area contributed by atoms with Crippen molar-refractivity contribution < 1.29 is 14.6 Å². The molecule has 3 rings (SSSR count). The molecule has 0 radical (unpaired) electrons. The second-order valence-corrected chi connectivity index (χ2v) is 8.48. The van der Waals surface area contributed by atoms with Crippen molar-refractivity contribution in [1.29, 1.82) is 0 Å². The molecule has 0 heterocycles. The molecule has 3 aliphatic carbocycles. The first-order chi connectivity index (χ1) is 10.8. The van der Waals surface area contributed by atoms with Crippen LogP contribution in [0.4, 0.5) is 0 Å². The van der Waals surface area contributed by atoms with E-state index in [9.17, 15) is 9.90 Å². The number of fused-ring (bicyclic) bond motifs is 3. The van der Waals surface area contributed by atoms with Gasteiger partial charge >= 0.3 is 5.97 Å². The van der Waals surface area contributed by atoms with E-state index >= 15 is 0 Å². The van der Waals surface area contributed by atoms with Crippen molar-refractivity contribution in [3.05, 3.63) is 24.3 Å². The number of hydrogen-bond donors (Lipinski definition) is 1. The van der Waals surface area contributed by atoms with E-state index in [1.807, 2.05) is 0 Å². The molecule has 128 valence electrons. The van der Waals surface area contributed by atoms with Gasteiger partial charge < -0.3 is 9.84 Å².